The topological polar surface area (TPSA) is 66.5 Å². The molecule has 0 aromatic heterocycles. The van der Waals surface area contributed by atoms with Gasteiger partial charge in [-0.1, -0.05) is 48.0 Å². The minimum Gasteiger partial charge on any atom is -0.349 e. The first kappa shape index (κ1) is 17.5. The molecule has 0 fully saturated rings. The second-order valence-electron chi connectivity index (χ2n) is 6.47. The Balaban J connectivity index is 1.78. The van der Waals surface area contributed by atoms with Crippen molar-refractivity contribution in [1.82, 2.24) is 5.32 Å². The van der Waals surface area contributed by atoms with Crippen LogP contribution in [-0.4, -0.2) is 27.1 Å². The summed E-state index contributed by atoms with van der Waals surface area (Å²) in [5.74, 6) is -0.0572. The molecule has 1 aliphatic rings. The van der Waals surface area contributed by atoms with E-state index in [0.29, 0.717) is 25.1 Å². The second kappa shape index (κ2) is 6.88. The fourth-order valence-electron chi connectivity index (χ4n) is 3.28. The molecule has 0 saturated heterocycles. The molecule has 6 heteroatoms. The molecule has 1 N–H and O–H groups in total. The number of rotatable bonds is 4. The number of hydrogen-bond donors (Lipinski definition) is 1. The monoisotopic (exact) mass is 358 g/mol. The molecule has 0 saturated carbocycles. The molecule has 2 aromatic carbocycles. The third-order valence-electron chi connectivity index (χ3n) is 4.38. The second-order valence-corrected chi connectivity index (χ2v) is 8.38. The molecule has 0 aliphatic carbocycles. The minimum atomic E-state index is -3.32. The molecule has 25 heavy (non-hydrogen) atoms. The maximum Gasteiger partial charge on any atom is 0.232 e. The Morgan fingerprint density at radius 3 is 2.68 bits per heavy atom. The maximum atomic E-state index is 12.4. The van der Waals surface area contributed by atoms with Gasteiger partial charge >= 0.3 is 0 Å². The van der Waals surface area contributed by atoms with Gasteiger partial charge in [0.15, 0.2) is 0 Å². The van der Waals surface area contributed by atoms with Crippen LogP contribution in [0.5, 0.6) is 0 Å². The number of para-hydroxylation sites is 1. The SMILES string of the molecule is Cc1cccc(CC(=O)NC2CCN(S(C)(=O)=O)c3ccccc32)c1. The van der Waals surface area contributed by atoms with Crippen LogP contribution < -0.4 is 9.62 Å². The summed E-state index contributed by atoms with van der Waals surface area (Å²) in [5.41, 5.74) is 3.59. The standard InChI is InChI=1S/C19H22N2O3S/c1-14-6-5-7-15(12-14)13-19(22)20-17-10-11-21(25(2,23)24)18-9-4-3-8-16(17)18/h3-9,12,17H,10-11,13H2,1-2H3,(H,20,22). The lowest BCUT2D eigenvalue weighted by atomic mass is 9.97. The van der Waals surface area contributed by atoms with Gasteiger partial charge in [0.1, 0.15) is 0 Å². The number of amides is 1. The molecule has 1 heterocycles. The zero-order chi connectivity index (χ0) is 18.0. The zero-order valence-electron chi connectivity index (χ0n) is 14.4. The van der Waals surface area contributed by atoms with Crippen LogP contribution in [0.3, 0.4) is 0 Å². The van der Waals surface area contributed by atoms with Gasteiger partial charge in [-0.3, -0.25) is 9.10 Å². The van der Waals surface area contributed by atoms with E-state index in [1.807, 2.05) is 49.4 Å². The molecule has 1 unspecified atom stereocenters. The van der Waals surface area contributed by atoms with Crippen molar-refractivity contribution < 1.29 is 13.2 Å². The maximum absolute atomic E-state index is 12.4. The van der Waals surface area contributed by atoms with E-state index in [1.54, 1.807) is 6.07 Å². The number of carbonyl (C=O) groups is 1. The van der Waals surface area contributed by atoms with Crippen LogP contribution >= 0.6 is 0 Å². The molecule has 0 spiro atoms. The molecule has 0 bridgehead atoms. The molecule has 0 radical (unpaired) electrons. The Kier molecular flexibility index (Phi) is 4.81. The van der Waals surface area contributed by atoms with Crippen molar-refractivity contribution in [2.75, 3.05) is 17.1 Å². The summed E-state index contributed by atoms with van der Waals surface area (Å²) in [4.78, 5) is 12.4. The van der Waals surface area contributed by atoms with Gasteiger partial charge in [0.2, 0.25) is 15.9 Å². The Morgan fingerprint density at radius 1 is 1.20 bits per heavy atom. The number of sulfonamides is 1. The molecule has 2 aromatic rings. The lowest BCUT2D eigenvalue weighted by Crippen LogP contribution is -2.40. The van der Waals surface area contributed by atoms with E-state index in [9.17, 15) is 13.2 Å². The minimum absolute atomic E-state index is 0.0572. The van der Waals surface area contributed by atoms with E-state index in [-0.39, 0.29) is 11.9 Å². The van der Waals surface area contributed by atoms with Crippen molar-refractivity contribution in [1.29, 1.82) is 0 Å². The first-order chi connectivity index (χ1) is 11.8. The number of aryl methyl sites for hydroxylation is 1. The number of nitrogens with zero attached hydrogens (tertiary/aromatic N) is 1. The third kappa shape index (κ3) is 4.02. The lowest BCUT2D eigenvalue weighted by Gasteiger charge is -2.34. The summed E-state index contributed by atoms with van der Waals surface area (Å²) in [5, 5.41) is 3.05. The van der Waals surface area contributed by atoms with E-state index >= 15 is 0 Å². The Bertz CT molecular complexity index is 893. The van der Waals surface area contributed by atoms with Gasteiger partial charge in [0, 0.05) is 6.54 Å². The zero-order valence-corrected chi connectivity index (χ0v) is 15.2. The number of benzene rings is 2. The number of fused-ring (bicyclic) bond motifs is 1. The van der Waals surface area contributed by atoms with Crippen molar-refractivity contribution in [3.8, 4) is 0 Å². The summed E-state index contributed by atoms with van der Waals surface area (Å²) in [6.07, 6.45) is 2.08. The highest BCUT2D eigenvalue weighted by molar-refractivity contribution is 7.92. The van der Waals surface area contributed by atoms with E-state index in [4.69, 9.17) is 0 Å². The largest absolute Gasteiger partial charge is 0.349 e. The summed E-state index contributed by atoms with van der Waals surface area (Å²) >= 11 is 0. The molecule has 3 rings (SSSR count). The molecular weight excluding hydrogens is 336 g/mol. The number of nitrogens with one attached hydrogen (secondary N) is 1. The van der Waals surface area contributed by atoms with Gasteiger partial charge in [-0.2, -0.15) is 0 Å². The van der Waals surface area contributed by atoms with Crippen LogP contribution in [0.2, 0.25) is 0 Å². The summed E-state index contributed by atoms with van der Waals surface area (Å²) in [6.45, 7) is 2.36. The van der Waals surface area contributed by atoms with Crippen molar-refractivity contribution in [3.63, 3.8) is 0 Å². The van der Waals surface area contributed by atoms with E-state index < -0.39 is 10.0 Å². The quantitative estimate of drug-likeness (QED) is 0.913. The molecule has 1 amide bonds. The highest BCUT2D eigenvalue weighted by Crippen LogP contribution is 2.34. The van der Waals surface area contributed by atoms with Crippen LogP contribution in [-0.2, 0) is 21.2 Å². The Hall–Kier alpha value is -2.34. The smallest absolute Gasteiger partial charge is 0.232 e. The van der Waals surface area contributed by atoms with E-state index in [2.05, 4.69) is 5.32 Å². The summed E-state index contributed by atoms with van der Waals surface area (Å²) in [6, 6.07) is 15.0. The predicted molar refractivity (Wildman–Crippen MR) is 99.0 cm³/mol. The summed E-state index contributed by atoms with van der Waals surface area (Å²) in [7, 11) is -3.32. The number of carbonyl (C=O) groups excluding carboxylic acids is 1. The Morgan fingerprint density at radius 2 is 1.96 bits per heavy atom. The molecule has 132 valence electrons. The van der Waals surface area contributed by atoms with Crippen molar-refractivity contribution in [2.45, 2.75) is 25.8 Å². The van der Waals surface area contributed by atoms with Crippen LogP contribution in [0.15, 0.2) is 48.5 Å². The van der Waals surface area contributed by atoms with E-state index in [0.717, 1.165) is 16.7 Å². The van der Waals surface area contributed by atoms with Crippen LogP contribution in [0.25, 0.3) is 0 Å². The van der Waals surface area contributed by atoms with Gasteiger partial charge in [-0.05, 0) is 30.5 Å². The van der Waals surface area contributed by atoms with Gasteiger partial charge in [0.05, 0.1) is 24.4 Å². The average Bonchev–Trinajstić information content (AvgIpc) is 2.54. The fraction of sp³-hybridized carbons (Fsp3) is 0.316. The normalized spacial score (nSPS) is 17.0. The molecule has 1 aliphatic heterocycles. The number of anilines is 1. The highest BCUT2D eigenvalue weighted by Gasteiger charge is 2.30. The van der Waals surface area contributed by atoms with Crippen molar-refractivity contribution in [2.24, 2.45) is 0 Å². The molecule has 1 atom stereocenters. The Labute approximate surface area is 148 Å². The summed E-state index contributed by atoms with van der Waals surface area (Å²) < 4.78 is 25.4. The first-order valence-corrected chi connectivity index (χ1v) is 10.1. The van der Waals surface area contributed by atoms with Crippen molar-refractivity contribution in [3.05, 3.63) is 65.2 Å². The highest BCUT2D eigenvalue weighted by atomic mass is 32.2. The van der Waals surface area contributed by atoms with Crippen LogP contribution in [0.1, 0.15) is 29.2 Å². The van der Waals surface area contributed by atoms with Gasteiger partial charge in [-0.25, -0.2) is 8.42 Å². The van der Waals surface area contributed by atoms with Gasteiger partial charge in [-0.15, -0.1) is 0 Å². The van der Waals surface area contributed by atoms with Crippen molar-refractivity contribution >= 4 is 21.6 Å². The molecule has 5 nitrogen and oxygen atoms in total. The van der Waals surface area contributed by atoms with Crippen LogP contribution in [0.4, 0.5) is 5.69 Å². The first-order valence-electron chi connectivity index (χ1n) is 8.26. The third-order valence-corrected chi connectivity index (χ3v) is 5.56. The number of hydrogen-bond acceptors (Lipinski definition) is 3. The van der Waals surface area contributed by atoms with Gasteiger partial charge < -0.3 is 5.32 Å². The average molecular weight is 358 g/mol. The lowest BCUT2D eigenvalue weighted by molar-refractivity contribution is -0.121. The molecular formula is C19H22N2O3S. The van der Waals surface area contributed by atoms with Crippen LogP contribution in [0, 0.1) is 6.92 Å². The van der Waals surface area contributed by atoms with Gasteiger partial charge in [0.25, 0.3) is 0 Å². The fourth-order valence-corrected chi connectivity index (χ4v) is 4.24. The van der Waals surface area contributed by atoms with E-state index in [1.165, 1.54) is 10.6 Å². The predicted octanol–water partition coefficient (Wildman–Crippen LogP) is 2.56.